The lowest BCUT2D eigenvalue weighted by Crippen LogP contribution is -2.31. The van der Waals surface area contributed by atoms with Gasteiger partial charge in [0.15, 0.2) is 4.77 Å². The summed E-state index contributed by atoms with van der Waals surface area (Å²) in [5.41, 5.74) is 0.214. The number of nitrogens with one attached hydrogen (secondary N) is 1. The topological polar surface area (TPSA) is 33.6 Å². The molecule has 0 radical (unpaired) electrons. The Morgan fingerprint density at radius 1 is 1.31 bits per heavy atom. The molecule has 0 atom stereocenters. The van der Waals surface area contributed by atoms with Crippen molar-refractivity contribution in [1.29, 1.82) is 0 Å². The second-order valence-corrected chi connectivity index (χ2v) is 6.51. The van der Waals surface area contributed by atoms with Gasteiger partial charge in [-0.25, -0.2) is 0 Å². The Morgan fingerprint density at radius 3 is 2.38 bits per heavy atom. The van der Waals surface area contributed by atoms with Gasteiger partial charge in [-0.15, -0.1) is 0 Å². The summed E-state index contributed by atoms with van der Waals surface area (Å²) < 4.78 is 2.93. The van der Waals surface area contributed by atoms with Crippen LogP contribution in [0.4, 0.5) is 0 Å². The molecule has 0 saturated heterocycles. The highest BCUT2D eigenvalue weighted by Crippen LogP contribution is 2.40. The van der Waals surface area contributed by atoms with E-state index >= 15 is 0 Å². The molecule has 1 aliphatic carbocycles. The minimum Gasteiger partial charge on any atom is -0.298 e. The highest BCUT2D eigenvalue weighted by Gasteiger charge is 2.37. The van der Waals surface area contributed by atoms with Crippen molar-refractivity contribution in [3.8, 4) is 0 Å². The van der Waals surface area contributed by atoms with E-state index in [1.54, 1.807) is 0 Å². The van der Waals surface area contributed by atoms with Gasteiger partial charge in [0, 0.05) is 11.0 Å². The SMILES string of the molecule is CC1(c2n[nH]c(=S)n2C(C)(C)C)CCCC1. The molecule has 2 rings (SSSR count). The van der Waals surface area contributed by atoms with E-state index in [2.05, 4.69) is 42.5 Å². The number of aromatic nitrogens is 3. The van der Waals surface area contributed by atoms with Crippen molar-refractivity contribution < 1.29 is 0 Å². The van der Waals surface area contributed by atoms with Crippen molar-refractivity contribution in [3.63, 3.8) is 0 Å². The predicted molar refractivity (Wildman–Crippen MR) is 68.2 cm³/mol. The van der Waals surface area contributed by atoms with E-state index in [1.807, 2.05) is 0 Å². The highest BCUT2D eigenvalue weighted by atomic mass is 32.1. The van der Waals surface area contributed by atoms with Crippen molar-refractivity contribution in [1.82, 2.24) is 14.8 Å². The maximum atomic E-state index is 5.35. The Kier molecular flexibility index (Phi) is 2.73. The second kappa shape index (κ2) is 3.69. The van der Waals surface area contributed by atoms with Crippen LogP contribution in [0.3, 0.4) is 0 Å². The molecule has 3 nitrogen and oxygen atoms in total. The molecular formula is C12H21N3S. The molecule has 0 spiro atoms. The molecule has 0 unspecified atom stereocenters. The van der Waals surface area contributed by atoms with E-state index < -0.39 is 0 Å². The second-order valence-electron chi connectivity index (χ2n) is 6.13. The zero-order chi connectivity index (χ0) is 12.0. The fourth-order valence-electron chi connectivity index (χ4n) is 2.70. The van der Waals surface area contributed by atoms with Gasteiger partial charge in [0.05, 0.1) is 0 Å². The molecule has 1 fully saturated rings. The first-order valence-electron chi connectivity index (χ1n) is 6.03. The van der Waals surface area contributed by atoms with Gasteiger partial charge < -0.3 is 0 Å². The lowest BCUT2D eigenvalue weighted by Gasteiger charge is -2.29. The van der Waals surface area contributed by atoms with E-state index in [0.29, 0.717) is 0 Å². The third kappa shape index (κ3) is 1.83. The van der Waals surface area contributed by atoms with Crippen LogP contribution in [0.2, 0.25) is 0 Å². The van der Waals surface area contributed by atoms with Crippen LogP contribution in [0.5, 0.6) is 0 Å². The van der Waals surface area contributed by atoms with Crippen LogP contribution >= 0.6 is 12.2 Å². The van der Waals surface area contributed by atoms with Crippen LogP contribution in [-0.4, -0.2) is 14.8 Å². The minimum atomic E-state index is 0.00498. The summed E-state index contributed by atoms with van der Waals surface area (Å²) in [5, 5.41) is 7.44. The van der Waals surface area contributed by atoms with E-state index in [1.165, 1.54) is 25.7 Å². The van der Waals surface area contributed by atoms with Gasteiger partial charge in [0.2, 0.25) is 0 Å². The van der Waals surface area contributed by atoms with E-state index in [9.17, 15) is 0 Å². The molecule has 1 saturated carbocycles. The highest BCUT2D eigenvalue weighted by molar-refractivity contribution is 7.71. The first-order valence-corrected chi connectivity index (χ1v) is 6.44. The molecule has 4 heteroatoms. The predicted octanol–water partition coefficient (Wildman–Crippen LogP) is 3.53. The molecule has 0 aliphatic heterocycles. The summed E-state index contributed by atoms with van der Waals surface area (Å²) in [6, 6.07) is 0. The average Bonchev–Trinajstić information content (AvgIpc) is 2.71. The van der Waals surface area contributed by atoms with Crippen molar-refractivity contribution in [2.24, 2.45) is 0 Å². The number of nitrogens with zero attached hydrogens (tertiary/aromatic N) is 2. The average molecular weight is 239 g/mol. The van der Waals surface area contributed by atoms with Crippen LogP contribution in [0.25, 0.3) is 0 Å². The van der Waals surface area contributed by atoms with Crippen LogP contribution in [0.15, 0.2) is 0 Å². The lowest BCUT2D eigenvalue weighted by atomic mass is 9.87. The lowest BCUT2D eigenvalue weighted by molar-refractivity contribution is 0.333. The van der Waals surface area contributed by atoms with E-state index in [-0.39, 0.29) is 11.0 Å². The molecule has 0 aromatic carbocycles. The normalized spacial score (nSPS) is 20.2. The van der Waals surface area contributed by atoms with Crippen molar-refractivity contribution in [2.45, 2.75) is 64.3 Å². The summed E-state index contributed by atoms with van der Waals surface area (Å²) in [6.07, 6.45) is 5.06. The zero-order valence-electron chi connectivity index (χ0n) is 10.6. The van der Waals surface area contributed by atoms with Gasteiger partial charge in [0.25, 0.3) is 0 Å². The third-order valence-electron chi connectivity index (χ3n) is 3.59. The fourth-order valence-corrected chi connectivity index (χ4v) is 3.11. The summed E-state index contributed by atoms with van der Waals surface area (Å²) in [4.78, 5) is 0. The summed E-state index contributed by atoms with van der Waals surface area (Å²) in [7, 11) is 0. The van der Waals surface area contributed by atoms with Crippen LogP contribution in [0.1, 0.15) is 59.2 Å². The van der Waals surface area contributed by atoms with Gasteiger partial charge in [-0.1, -0.05) is 19.8 Å². The number of hydrogen-bond acceptors (Lipinski definition) is 2. The van der Waals surface area contributed by atoms with Gasteiger partial charge in [-0.3, -0.25) is 9.67 Å². The van der Waals surface area contributed by atoms with Crippen molar-refractivity contribution in [2.75, 3.05) is 0 Å². The maximum absolute atomic E-state index is 5.35. The molecule has 1 aromatic heterocycles. The Morgan fingerprint density at radius 2 is 1.88 bits per heavy atom. The Hall–Kier alpha value is -0.640. The van der Waals surface area contributed by atoms with Crippen LogP contribution in [0, 0.1) is 4.77 Å². The summed E-state index contributed by atoms with van der Waals surface area (Å²) in [5.74, 6) is 1.14. The monoisotopic (exact) mass is 239 g/mol. The maximum Gasteiger partial charge on any atom is 0.195 e. The molecule has 1 heterocycles. The Balaban J connectivity index is 2.54. The smallest absolute Gasteiger partial charge is 0.195 e. The van der Waals surface area contributed by atoms with Crippen LogP contribution in [-0.2, 0) is 11.0 Å². The first-order chi connectivity index (χ1) is 7.34. The van der Waals surface area contributed by atoms with E-state index in [0.717, 1.165) is 10.6 Å². The van der Waals surface area contributed by atoms with Crippen molar-refractivity contribution in [3.05, 3.63) is 10.6 Å². The van der Waals surface area contributed by atoms with E-state index in [4.69, 9.17) is 12.2 Å². The number of rotatable bonds is 1. The molecular weight excluding hydrogens is 218 g/mol. The van der Waals surface area contributed by atoms with Gasteiger partial charge in [-0.05, 0) is 45.8 Å². The van der Waals surface area contributed by atoms with Crippen molar-refractivity contribution >= 4 is 12.2 Å². The third-order valence-corrected chi connectivity index (χ3v) is 3.86. The standard InChI is InChI=1S/C12H21N3S/c1-11(2,3)15-9(13-14-10(15)16)12(4)7-5-6-8-12/h5-8H2,1-4H3,(H,14,16). The quantitative estimate of drug-likeness (QED) is 0.761. The van der Waals surface area contributed by atoms with Gasteiger partial charge in [0.1, 0.15) is 5.82 Å². The first kappa shape index (κ1) is 11.8. The number of H-pyrrole nitrogens is 1. The number of aromatic amines is 1. The molecule has 16 heavy (non-hydrogen) atoms. The molecule has 1 N–H and O–H groups in total. The van der Waals surface area contributed by atoms with Gasteiger partial charge >= 0.3 is 0 Å². The molecule has 1 aromatic rings. The number of hydrogen-bond donors (Lipinski definition) is 1. The Labute approximate surface area is 102 Å². The fraction of sp³-hybridized carbons (Fsp3) is 0.833. The summed E-state index contributed by atoms with van der Waals surface area (Å²) >= 11 is 5.35. The van der Waals surface area contributed by atoms with Gasteiger partial charge in [-0.2, -0.15) is 5.10 Å². The molecule has 0 bridgehead atoms. The largest absolute Gasteiger partial charge is 0.298 e. The molecule has 0 amide bonds. The minimum absolute atomic E-state index is 0.00498. The van der Waals surface area contributed by atoms with Crippen LogP contribution < -0.4 is 0 Å². The Bertz CT molecular complexity index is 430. The molecule has 90 valence electrons. The molecule has 1 aliphatic rings. The zero-order valence-corrected chi connectivity index (χ0v) is 11.4. The summed E-state index contributed by atoms with van der Waals surface area (Å²) in [6.45, 7) is 8.85.